The predicted molar refractivity (Wildman–Crippen MR) is 103 cm³/mol. The predicted octanol–water partition coefficient (Wildman–Crippen LogP) is 6.03. The molecule has 0 saturated carbocycles. The number of aryl methyl sites for hydroxylation is 1. The second kappa shape index (κ2) is 7.03. The summed E-state index contributed by atoms with van der Waals surface area (Å²) < 4.78 is 5.74. The zero-order chi connectivity index (χ0) is 18.1. The zero-order valence-corrected chi connectivity index (χ0v) is 15.7. The van der Waals surface area contributed by atoms with Crippen molar-refractivity contribution < 1.29 is 9.53 Å². The van der Waals surface area contributed by atoms with E-state index in [9.17, 15) is 4.79 Å². The summed E-state index contributed by atoms with van der Waals surface area (Å²) in [6, 6.07) is 12.8. The second-order valence-electron chi connectivity index (χ2n) is 6.09. The van der Waals surface area contributed by atoms with Crippen molar-refractivity contribution in [3.63, 3.8) is 0 Å². The number of hydrogen-bond acceptors (Lipinski definition) is 3. The largest absolute Gasteiger partial charge is 0.491 e. The molecular weight excluding hydrogens is 357 g/mol. The lowest BCUT2D eigenvalue weighted by molar-refractivity contribution is 0.108. The summed E-state index contributed by atoms with van der Waals surface area (Å²) in [5.41, 5.74) is 3.39. The fourth-order valence-corrected chi connectivity index (χ4v) is 3.02. The molecule has 2 aromatic carbocycles. The molecule has 0 spiro atoms. The number of aromatic nitrogens is 1. The summed E-state index contributed by atoms with van der Waals surface area (Å²) in [5.74, 6) is 0.746. The third kappa shape index (κ3) is 3.63. The number of carbonyl (C=O) groups excluding carboxylic acids is 1. The van der Waals surface area contributed by atoms with Gasteiger partial charge >= 0.3 is 0 Å². The van der Waals surface area contributed by atoms with Gasteiger partial charge in [0.1, 0.15) is 5.75 Å². The topological polar surface area (TPSA) is 39.2 Å². The number of ether oxygens (including phenoxy) is 1. The summed E-state index contributed by atoms with van der Waals surface area (Å²) >= 11 is 12.0. The highest BCUT2D eigenvalue weighted by Gasteiger charge is 2.15. The summed E-state index contributed by atoms with van der Waals surface area (Å²) in [6.45, 7) is 5.81. The number of carbonyl (C=O) groups is 1. The van der Waals surface area contributed by atoms with Gasteiger partial charge in [0.2, 0.25) is 0 Å². The van der Waals surface area contributed by atoms with Crippen LogP contribution in [0.25, 0.3) is 22.2 Å². The molecule has 1 heterocycles. The molecular formula is C20H17Cl2NO2. The van der Waals surface area contributed by atoms with E-state index in [-0.39, 0.29) is 6.10 Å². The van der Waals surface area contributed by atoms with Crippen LogP contribution in [-0.4, -0.2) is 16.3 Å². The van der Waals surface area contributed by atoms with Gasteiger partial charge in [-0.3, -0.25) is 4.79 Å². The number of halogens is 2. The molecule has 3 aromatic rings. The maximum absolute atomic E-state index is 11.9. The first kappa shape index (κ1) is 17.7. The fourth-order valence-electron chi connectivity index (χ4n) is 2.72. The van der Waals surface area contributed by atoms with E-state index in [0.717, 1.165) is 16.9 Å². The maximum atomic E-state index is 11.9. The van der Waals surface area contributed by atoms with E-state index in [4.69, 9.17) is 32.9 Å². The van der Waals surface area contributed by atoms with E-state index >= 15 is 0 Å². The molecule has 0 atom stereocenters. The van der Waals surface area contributed by atoms with Crippen molar-refractivity contribution in [1.82, 2.24) is 4.98 Å². The van der Waals surface area contributed by atoms with Crippen LogP contribution in [0.3, 0.4) is 0 Å². The van der Waals surface area contributed by atoms with E-state index < -0.39 is 5.24 Å². The Morgan fingerprint density at radius 2 is 1.92 bits per heavy atom. The molecule has 5 heteroatoms. The molecule has 128 valence electrons. The van der Waals surface area contributed by atoms with Crippen LogP contribution in [0.2, 0.25) is 5.02 Å². The minimum absolute atomic E-state index is 0.0702. The Hall–Kier alpha value is -2.10. The Bertz CT molecular complexity index is 967. The highest BCUT2D eigenvalue weighted by molar-refractivity contribution is 6.68. The molecule has 0 unspecified atom stereocenters. The van der Waals surface area contributed by atoms with Gasteiger partial charge in [-0.25, -0.2) is 4.98 Å². The first-order valence-electron chi connectivity index (χ1n) is 7.93. The number of hydrogen-bond donors (Lipinski definition) is 0. The minimum atomic E-state index is -0.523. The van der Waals surface area contributed by atoms with Crippen molar-refractivity contribution in [2.24, 2.45) is 0 Å². The van der Waals surface area contributed by atoms with Crippen molar-refractivity contribution >= 4 is 39.3 Å². The molecule has 0 aliphatic carbocycles. The monoisotopic (exact) mass is 373 g/mol. The Labute approximate surface area is 156 Å². The molecule has 0 amide bonds. The van der Waals surface area contributed by atoms with Crippen molar-refractivity contribution in [2.75, 3.05) is 0 Å². The van der Waals surface area contributed by atoms with E-state index in [1.807, 2.05) is 45.0 Å². The van der Waals surface area contributed by atoms with Gasteiger partial charge < -0.3 is 4.74 Å². The summed E-state index contributed by atoms with van der Waals surface area (Å²) in [6.07, 6.45) is 0.0702. The number of nitrogens with zero attached hydrogens (tertiary/aromatic N) is 1. The summed E-state index contributed by atoms with van der Waals surface area (Å²) in [4.78, 5) is 16.6. The third-order valence-corrected chi connectivity index (χ3v) is 4.49. The van der Waals surface area contributed by atoms with E-state index in [1.54, 1.807) is 18.2 Å². The normalized spacial score (nSPS) is 11.1. The number of benzene rings is 2. The van der Waals surface area contributed by atoms with Gasteiger partial charge in [-0.2, -0.15) is 0 Å². The zero-order valence-electron chi connectivity index (χ0n) is 14.1. The number of rotatable bonds is 4. The Morgan fingerprint density at radius 1 is 1.16 bits per heavy atom. The Kier molecular flexibility index (Phi) is 4.98. The van der Waals surface area contributed by atoms with Crippen LogP contribution in [-0.2, 0) is 0 Å². The fraction of sp³-hybridized carbons (Fsp3) is 0.200. The van der Waals surface area contributed by atoms with Crippen LogP contribution in [0.5, 0.6) is 5.75 Å². The van der Waals surface area contributed by atoms with Gasteiger partial charge in [-0.15, -0.1) is 0 Å². The lowest BCUT2D eigenvalue weighted by Gasteiger charge is -2.13. The van der Waals surface area contributed by atoms with Gasteiger partial charge in [0.05, 0.1) is 17.3 Å². The van der Waals surface area contributed by atoms with Crippen LogP contribution in [0.4, 0.5) is 0 Å². The molecule has 3 rings (SSSR count). The highest BCUT2D eigenvalue weighted by atomic mass is 35.5. The second-order valence-corrected chi connectivity index (χ2v) is 6.84. The summed E-state index contributed by atoms with van der Waals surface area (Å²) in [7, 11) is 0. The molecule has 0 bridgehead atoms. The molecule has 0 fully saturated rings. The van der Waals surface area contributed by atoms with E-state index in [1.165, 1.54) is 0 Å². The van der Waals surface area contributed by atoms with Gasteiger partial charge in [0, 0.05) is 21.5 Å². The lowest BCUT2D eigenvalue weighted by Crippen LogP contribution is -2.05. The standard InChI is InChI=1S/C20H17Cl2NO2/c1-11(2)25-14-6-4-5-13(9-14)18-10-16(20(22)24)15-7-8-17(21)12(3)19(15)23-18/h4-11H,1-3H3. The molecule has 0 N–H and O–H groups in total. The number of pyridine rings is 1. The van der Waals surface area contributed by atoms with Gasteiger partial charge in [0.15, 0.2) is 0 Å². The van der Waals surface area contributed by atoms with Gasteiger partial charge in [-0.05, 0) is 62.2 Å². The van der Waals surface area contributed by atoms with Crippen molar-refractivity contribution in [3.05, 3.63) is 58.6 Å². The quantitative estimate of drug-likeness (QED) is 0.524. The van der Waals surface area contributed by atoms with Crippen molar-refractivity contribution in [2.45, 2.75) is 26.9 Å². The molecule has 3 nitrogen and oxygen atoms in total. The highest BCUT2D eigenvalue weighted by Crippen LogP contribution is 2.32. The van der Waals surface area contributed by atoms with Gasteiger partial charge in [0.25, 0.3) is 5.24 Å². The molecule has 0 radical (unpaired) electrons. The molecule has 25 heavy (non-hydrogen) atoms. The van der Waals surface area contributed by atoms with Crippen molar-refractivity contribution in [3.8, 4) is 17.0 Å². The van der Waals surface area contributed by atoms with Crippen LogP contribution in [0.15, 0.2) is 42.5 Å². The number of fused-ring (bicyclic) bond motifs is 1. The minimum Gasteiger partial charge on any atom is -0.491 e. The Morgan fingerprint density at radius 3 is 2.60 bits per heavy atom. The maximum Gasteiger partial charge on any atom is 0.253 e. The molecule has 0 aliphatic rings. The van der Waals surface area contributed by atoms with Gasteiger partial charge in [-0.1, -0.05) is 29.8 Å². The SMILES string of the molecule is Cc1c(Cl)ccc2c(C(=O)Cl)cc(-c3cccc(OC(C)C)c3)nc12. The molecule has 1 aromatic heterocycles. The molecule has 0 aliphatic heterocycles. The van der Waals surface area contributed by atoms with Crippen molar-refractivity contribution in [1.29, 1.82) is 0 Å². The summed E-state index contributed by atoms with van der Waals surface area (Å²) in [5, 5.41) is 0.771. The van der Waals surface area contributed by atoms with E-state index in [2.05, 4.69) is 0 Å². The van der Waals surface area contributed by atoms with Crippen LogP contribution in [0, 0.1) is 6.92 Å². The average molecular weight is 374 g/mol. The van der Waals surface area contributed by atoms with Crippen LogP contribution < -0.4 is 4.74 Å². The van der Waals surface area contributed by atoms with Crippen LogP contribution in [0.1, 0.15) is 29.8 Å². The van der Waals surface area contributed by atoms with E-state index in [0.29, 0.717) is 27.2 Å². The molecule has 0 saturated heterocycles. The third-order valence-electron chi connectivity index (χ3n) is 3.88. The average Bonchev–Trinajstić information content (AvgIpc) is 2.57. The first-order valence-corrected chi connectivity index (χ1v) is 8.69. The van der Waals surface area contributed by atoms with Crippen LogP contribution >= 0.6 is 23.2 Å². The lowest BCUT2D eigenvalue weighted by atomic mass is 10.0. The first-order chi connectivity index (χ1) is 11.9. The smallest absolute Gasteiger partial charge is 0.253 e. The Balaban J connectivity index is 2.23.